The van der Waals surface area contributed by atoms with Crippen LogP contribution in [0, 0.1) is 5.92 Å². The van der Waals surface area contributed by atoms with Gasteiger partial charge < -0.3 is 10.6 Å². The minimum Gasteiger partial charge on any atom is -0.337 e. The Morgan fingerprint density at radius 2 is 2.00 bits per heavy atom. The van der Waals surface area contributed by atoms with Gasteiger partial charge in [0, 0.05) is 24.7 Å². The van der Waals surface area contributed by atoms with Crippen molar-refractivity contribution in [3.63, 3.8) is 0 Å². The monoisotopic (exact) mass is 258 g/mol. The molecule has 19 heavy (non-hydrogen) atoms. The third-order valence-corrected chi connectivity index (χ3v) is 4.62. The summed E-state index contributed by atoms with van der Waals surface area (Å²) >= 11 is 0. The van der Waals surface area contributed by atoms with E-state index in [1.807, 2.05) is 23.1 Å². The number of carbonyl (C=O) groups is 1. The molecule has 1 unspecified atom stereocenters. The van der Waals surface area contributed by atoms with Crippen molar-refractivity contribution in [3.05, 3.63) is 35.4 Å². The zero-order valence-electron chi connectivity index (χ0n) is 11.3. The van der Waals surface area contributed by atoms with Gasteiger partial charge in [-0.1, -0.05) is 31.0 Å². The van der Waals surface area contributed by atoms with Gasteiger partial charge in [-0.25, -0.2) is 0 Å². The fourth-order valence-corrected chi connectivity index (χ4v) is 3.44. The maximum absolute atomic E-state index is 12.4. The molecule has 102 valence electrons. The summed E-state index contributed by atoms with van der Waals surface area (Å²) in [5.41, 5.74) is 8.34. The molecule has 2 N–H and O–H groups in total. The molecule has 3 heteroatoms. The summed E-state index contributed by atoms with van der Waals surface area (Å²) in [5.74, 6) is 0.778. The normalized spacial score (nSPS) is 21.5. The van der Waals surface area contributed by atoms with E-state index in [4.69, 9.17) is 5.73 Å². The van der Waals surface area contributed by atoms with Gasteiger partial charge in [0.15, 0.2) is 0 Å². The number of nitrogens with zero attached hydrogens (tertiary/aromatic N) is 1. The molecule has 2 aliphatic rings. The van der Waals surface area contributed by atoms with Crippen molar-refractivity contribution in [3.8, 4) is 0 Å². The molecule has 1 aromatic carbocycles. The standard InChI is InChI=1S/C16H22N2O/c17-15(13-6-1-2-7-13)11-18-10-9-12-5-3-4-8-14(12)16(18)19/h3-5,8,13,15H,1-2,6-7,9-11,17H2. The highest BCUT2D eigenvalue weighted by molar-refractivity contribution is 5.96. The molecule has 1 heterocycles. The largest absolute Gasteiger partial charge is 0.337 e. The minimum absolute atomic E-state index is 0.150. The minimum atomic E-state index is 0.150. The molecule has 0 bridgehead atoms. The summed E-state index contributed by atoms with van der Waals surface area (Å²) in [5, 5.41) is 0. The van der Waals surface area contributed by atoms with Crippen LogP contribution in [-0.2, 0) is 6.42 Å². The van der Waals surface area contributed by atoms with Gasteiger partial charge in [0.05, 0.1) is 0 Å². The molecule has 3 rings (SSSR count). The van der Waals surface area contributed by atoms with E-state index in [0.29, 0.717) is 5.92 Å². The van der Waals surface area contributed by atoms with Crippen LogP contribution in [0.5, 0.6) is 0 Å². The van der Waals surface area contributed by atoms with Crippen molar-refractivity contribution >= 4 is 5.91 Å². The molecular weight excluding hydrogens is 236 g/mol. The highest BCUT2D eigenvalue weighted by Gasteiger charge is 2.28. The summed E-state index contributed by atoms with van der Waals surface area (Å²) in [7, 11) is 0. The maximum atomic E-state index is 12.4. The molecular formula is C16H22N2O. The van der Waals surface area contributed by atoms with Crippen LogP contribution in [0.25, 0.3) is 0 Å². The first kappa shape index (κ1) is 12.7. The highest BCUT2D eigenvalue weighted by atomic mass is 16.2. The summed E-state index contributed by atoms with van der Waals surface area (Å²) in [6, 6.07) is 8.09. The second-order valence-electron chi connectivity index (χ2n) is 5.87. The van der Waals surface area contributed by atoms with Crippen molar-refractivity contribution in [1.82, 2.24) is 4.90 Å². The van der Waals surface area contributed by atoms with Gasteiger partial charge in [0.1, 0.15) is 0 Å². The lowest BCUT2D eigenvalue weighted by atomic mass is 9.95. The first-order valence-electron chi connectivity index (χ1n) is 7.38. The number of carbonyl (C=O) groups excluding carboxylic acids is 1. The Hall–Kier alpha value is -1.35. The lowest BCUT2D eigenvalue weighted by Crippen LogP contribution is -2.47. The van der Waals surface area contributed by atoms with E-state index < -0.39 is 0 Å². The van der Waals surface area contributed by atoms with Crippen molar-refractivity contribution in [2.45, 2.75) is 38.1 Å². The van der Waals surface area contributed by atoms with E-state index in [1.165, 1.54) is 31.2 Å². The fourth-order valence-electron chi connectivity index (χ4n) is 3.44. The number of amides is 1. The lowest BCUT2D eigenvalue weighted by Gasteiger charge is -2.32. The molecule has 0 spiro atoms. The van der Waals surface area contributed by atoms with Crippen molar-refractivity contribution in [1.29, 1.82) is 0 Å². The van der Waals surface area contributed by atoms with E-state index in [0.717, 1.165) is 25.1 Å². The number of hydrogen-bond acceptors (Lipinski definition) is 2. The number of hydrogen-bond donors (Lipinski definition) is 1. The third kappa shape index (κ3) is 2.52. The zero-order chi connectivity index (χ0) is 13.2. The van der Waals surface area contributed by atoms with Gasteiger partial charge in [0.2, 0.25) is 0 Å². The van der Waals surface area contributed by atoms with Gasteiger partial charge in [-0.2, -0.15) is 0 Å². The van der Waals surface area contributed by atoms with Gasteiger partial charge in [-0.3, -0.25) is 4.79 Å². The SMILES string of the molecule is NC(CN1CCc2ccccc2C1=O)C1CCCC1. The van der Waals surface area contributed by atoms with Crippen molar-refractivity contribution < 1.29 is 4.79 Å². The molecule has 0 saturated heterocycles. The number of fused-ring (bicyclic) bond motifs is 1. The van der Waals surface area contributed by atoms with Gasteiger partial charge >= 0.3 is 0 Å². The van der Waals surface area contributed by atoms with Gasteiger partial charge in [0.25, 0.3) is 5.91 Å². The molecule has 1 fully saturated rings. The topological polar surface area (TPSA) is 46.3 Å². The van der Waals surface area contributed by atoms with Crippen LogP contribution >= 0.6 is 0 Å². The Morgan fingerprint density at radius 1 is 1.26 bits per heavy atom. The van der Waals surface area contributed by atoms with Crippen molar-refractivity contribution in [2.24, 2.45) is 11.7 Å². The number of rotatable bonds is 3. The zero-order valence-corrected chi connectivity index (χ0v) is 11.3. The number of benzene rings is 1. The van der Waals surface area contributed by atoms with Crippen LogP contribution in [-0.4, -0.2) is 29.9 Å². The maximum Gasteiger partial charge on any atom is 0.254 e. The predicted octanol–water partition coefficient (Wildman–Crippen LogP) is 2.20. The smallest absolute Gasteiger partial charge is 0.254 e. The summed E-state index contributed by atoms with van der Waals surface area (Å²) in [6.07, 6.45) is 6.03. The highest BCUT2D eigenvalue weighted by Crippen LogP contribution is 2.28. The quantitative estimate of drug-likeness (QED) is 0.903. The predicted molar refractivity (Wildman–Crippen MR) is 76.0 cm³/mol. The Labute approximate surface area is 114 Å². The number of nitrogens with two attached hydrogens (primary N) is 1. The molecule has 0 radical (unpaired) electrons. The molecule has 1 atom stereocenters. The molecule has 0 aromatic heterocycles. The third-order valence-electron chi connectivity index (χ3n) is 4.62. The molecule has 1 aliphatic carbocycles. The molecule has 1 saturated carbocycles. The Morgan fingerprint density at radius 3 is 2.79 bits per heavy atom. The Balaban J connectivity index is 1.68. The van der Waals surface area contributed by atoms with Crippen LogP contribution in [0.15, 0.2) is 24.3 Å². The van der Waals surface area contributed by atoms with Crippen molar-refractivity contribution in [2.75, 3.05) is 13.1 Å². The lowest BCUT2D eigenvalue weighted by molar-refractivity contribution is 0.0718. The van der Waals surface area contributed by atoms with Crippen LogP contribution in [0.1, 0.15) is 41.6 Å². The van der Waals surface area contributed by atoms with E-state index in [9.17, 15) is 4.79 Å². The first-order chi connectivity index (χ1) is 9.25. The average Bonchev–Trinajstić information content (AvgIpc) is 2.96. The second kappa shape index (κ2) is 5.33. The summed E-state index contributed by atoms with van der Waals surface area (Å²) in [4.78, 5) is 14.4. The molecule has 1 aromatic rings. The fraction of sp³-hybridized carbons (Fsp3) is 0.562. The molecule has 3 nitrogen and oxygen atoms in total. The van der Waals surface area contributed by atoms with Gasteiger partial charge in [-0.05, 0) is 36.8 Å². The van der Waals surface area contributed by atoms with Crippen LogP contribution in [0.4, 0.5) is 0 Å². The van der Waals surface area contributed by atoms with Gasteiger partial charge in [-0.15, -0.1) is 0 Å². The van der Waals surface area contributed by atoms with Crippen LogP contribution in [0.2, 0.25) is 0 Å². The molecule has 1 aliphatic heterocycles. The Bertz CT molecular complexity index is 466. The van der Waals surface area contributed by atoms with E-state index in [-0.39, 0.29) is 11.9 Å². The van der Waals surface area contributed by atoms with Crippen LogP contribution < -0.4 is 5.73 Å². The summed E-state index contributed by atoms with van der Waals surface area (Å²) in [6.45, 7) is 1.54. The summed E-state index contributed by atoms with van der Waals surface area (Å²) < 4.78 is 0. The Kier molecular flexibility index (Phi) is 3.56. The van der Waals surface area contributed by atoms with Crippen LogP contribution in [0.3, 0.4) is 0 Å². The van der Waals surface area contributed by atoms with E-state index >= 15 is 0 Å². The molecule has 1 amide bonds. The average molecular weight is 258 g/mol. The van der Waals surface area contributed by atoms with E-state index in [2.05, 4.69) is 6.07 Å². The van der Waals surface area contributed by atoms with E-state index in [1.54, 1.807) is 0 Å². The first-order valence-corrected chi connectivity index (χ1v) is 7.38. The second-order valence-corrected chi connectivity index (χ2v) is 5.87.